The molecule has 150 valence electrons. The number of nitrogens with zero attached hydrogens (tertiary/aromatic N) is 3. The second-order valence-corrected chi connectivity index (χ2v) is 7.81. The van der Waals surface area contributed by atoms with Crippen LogP contribution in [0.25, 0.3) is 0 Å². The van der Waals surface area contributed by atoms with Gasteiger partial charge in [0.1, 0.15) is 17.5 Å². The summed E-state index contributed by atoms with van der Waals surface area (Å²) in [5.74, 6) is -1.23. The lowest BCUT2D eigenvalue weighted by molar-refractivity contribution is 0.0887. The number of piperazine rings is 1. The number of piperidine rings is 1. The molecule has 2 aliphatic heterocycles. The van der Waals surface area contributed by atoms with Gasteiger partial charge in [-0.05, 0) is 61.3 Å². The van der Waals surface area contributed by atoms with E-state index in [-0.39, 0.29) is 5.82 Å². The third-order valence-electron chi connectivity index (χ3n) is 5.83. The van der Waals surface area contributed by atoms with Crippen LogP contribution in [0.2, 0.25) is 0 Å². The molecule has 6 heteroatoms. The minimum atomic E-state index is -0.513. The largest absolute Gasteiger partial charge is 0.369 e. The van der Waals surface area contributed by atoms with E-state index in [1.807, 2.05) is 12.1 Å². The lowest BCUT2D eigenvalue weighted by atomic mass is 10.0. The van der Waals surface area contributed by atoms with Gasteiger partial charge in [0.15, 0.2) is 0 Å². The van der Waals surface area contributed by atoms with Gasteiger partial charge < -0.3 is 4.90 Å². The highest BCUT2D eigenvalue weighted by atomic mass is 19.1. The molecule has 1 atom stereocenters. The van der Waals surface area contributed by atoms with Gasteiger partial charge in [0.05, 0.1) is 0 Å². The topological polar surface area (TPSA) is 9.72 Å². The monoisotopic (exact) mass is 389 g/mol. The summed E-state index contributed by atoms with van der Waals surface area (Å²) in [5, 5.41) is 0. The zero-order valence-corrected chi connectivity index (χ0v) is 16.0. The van der Waals surface area contributed by atoms with Crippen molar-refractivity contribution in [3.05, 3.63) is 65.5 Å². The zero-order chi connectivity index (χ0) is 19.5. The molecule has 2 aromatic carbocycles. The van der Waals surface area contributed by atoms with Crippen LogP contribution < -0.4 is 4.90 Å². The van der Waals surface area contributed by atoms with Crippen LogP contribution in [0.4, 0.5) is 18.9 Å². The SMILES string of the molecule is Fc1ccc(N2CCN([C@@H]3CCCN(Cc4cc(F)cc(F)c4)C3)CC2)cc1. The van der Waals surface area contributed by atoms with Gasteiger partial charge in [0.25, 0.3) is 0 Å². The van der Waals surface area contributed by atoms with Crippen molar-refractivity contribution in [3.63, 3.8) is 0 Å². The Hall–Kier alpha value is -2.05. The molecular formula is C22H26F3N3. The van der Waals surface area contributed by atoms with Crippen LogP contribution >= 0.6 is 0 Å². The molecule has 2 aliphatic rings. The van der Waals surface area contributed by atoms with Crippen molar-refractivity contribution in [1.82, 2.24) is 9.80 Å². The van der Waals surface area contributed by atoms with E-state index >= 15 is 0 Å². The molecule has 2 fully saturated rings. The first-order chi connectivity index (χ1) is 13.6. The van der Waals surface area contributed by atoms with Gasteiger partial charge in [-0.25, -0.2) is 13.2 Å². The van der Waals surface area contributed by atoms with Crippen molar-refractivity contribution in [3.8, 4) is 0 Å². The standard InChI is InChI=1S/C22H26F3N3/c23-18-3-5-21(6-4-18)27-8-10-28(11-9-27)22-2-1-7-26(16-22)15-17-12-19(24)14-20(25)13-17/h3-6,12-14,22H,1-2,7-11,15-16H2/t22-/m1/s1. The average molecular weight is 389 g/mol. The number of likely N-dealkylation sites (tertiary alicyclic amines) is 1. The van der Waals surface area contributed by atoms with Crippen LogP contribution in [0.15, 0.2) is 42.5 Å². The predicted molar refractivity (Wildman–Crippen MR) is 105 cm³/mol. The van der Waals surface area contributed by atoms with Crippen molar-refractivity contribution in [1.29, 1.82) is 0 Å². The molecule has 0 amide bonds. The number of benzene rings is 2. The summed E-state index contributed by atoms with van der Waals surface area (Å²) in [6.45, 7) is 6.28. The fraction of sp³-hybridized carbons (Fsp3) is 0.455. The van der Waals surface area contributed by atoms with Crippen molar-refractivity contribution in [2.75, 3.05) is 44.2 Å². The summed E-state index contributed by atoms with van der Waals surface area (Å²) < 4.78 is 40.0. The molecule has 0 radical (unpaired) electrons. The number of halogens is 3. The maximum Gasteiger partial charge on any atom is 0.126 e. The highest BCUT2D eigenvalue weighted by molar-refractivity contribution is 5.46. The van der Waals surface area contributed by atoms with E-state index in [2.05, 4.69) is 14.7 Å². The summed E-state index contributed by atoms with van der Waals surface area (Å²) in [6.07, 6.45) is 2.26. The molecule has 4 rings (SSSR count). The van der Waals surface area contributed by atoms with Crippen molar-refractivity contribution in [2.24, 2.45) is 0 Å². The van der Waals surface area contributed by atoms with E-state index in [0.29, 0.717) is 18.2 Å². The van der Waals surface area contributed by atoms with Gasteiger partial charge in [-0.1, -0.05) is 0 Å². The molecule has 0 aliphatic carbocycles. The van der Waals surface area contributed by atoms with Crippen molar-refractivity contribution in [2.45, 2.75) is 25.4 Å². The Labute approximate surface area is 164 Å². The molecule has 0 aromatic heterocycles. The van der Waals surface area contributed by atoms with Crippen LogP contribution in [0, 0.1) is 17.5 Å². The number of rotatable bonds is 4. The van der Waals surface area contributed by atoms with E-state index in [1.54, 1.807) is 0 Å². The quantitative estimate of drug-likeness (QED) is 0.786. The molecule has 2 aromatic rings. The van der Waals surface area contributed by atoms with E-state index in [9.17, 15) is 13.2 Å². The maximum atomic E-state index is 13.5. The van der Waals surface area contributed by atoms with Gasteiger partial charge in [-0.15, -0.1) is 0 Å². The molecule has 2 saturated heterocycles. The summed E-state index contributed by atoms with van der Waals surface area (Å²) >= 11 is 0. The second-order valence-electron chi connectivity index (χ2n) is 7.81. The molecule has 0 saturated carbocycles. The molecule has 0 bridgehead atoms. The Morgan fingerprint density at radius 3 is 2.14 bits per heavy atom. The molecule has 2 heterocycles. The van der Waals surface area contributed by atoms with E-state index in [0.717, 1.165) is 63.9 Å². The Morgan fingerprint density at radius 1 is 0.786 bits per heavy atom. The Bertz CT molecular complexity index is 768. The molecule has 0 unspecified atom stereocenters. The molecule has 0 spiro atoms. The molecule has 3 nitrogen and oxygen atoms in total. The van der Waals surface area contributed by atoms with Crippen molar-refractivity contribution < 1.29 is 13.2 Å². The van der Waals surface area contributed by atoms with Gasteiger partial charge in [0, 0.05) is 57.1 Å². The number of anilines is 1. The van der Waals surface area contributed by atoms with Crippen molar-refractivity contribution >= 4 is 5.69 Å². The van der Waals surface area contributed by atoms with E-state index in [1.165, 1.54) is 24.3 Å². The maximum absolute atomic E-state index is 13.5. The number of hydrogen-bond acceptors (Lipinski definition) is 3. The lowest BCUT2D eigenvalue weighted by Gasteiger charge is -2.44. The van der Waals surface area contributed by atoms with Crippen LogP contribution in [0.1, 0.15) is 18.4 Å². The number of hydrogen-bond donors (Lipinski definition) is 0. The fourth-order valence-corrected chi connectivity index (χ4v) is 4.43. The van der Waals surface area contributed by atoms with Gasteiger partial charge in [0.2, 0.25) is 0 Å². The van der Waals surface area contributed by atoms with Crippen LogP contribution in [0.5, 0.6) is 0 Å². The van der Waals surface area contributed by atoms with Gasteiger partial charge >= 0.3 is 0 Å². The second kappa shape index (κ2) is 8.53. The third-order valence-corrected chi connectivity index (χ3v) is 5.83. The first-order valence-electron chi connectivity index (χ1n) is 9.99. The van der Waals surface area contributed by atoms with E-state index in [4.69, 9.17) is 0 Å². The van der Waals surface area contributed by atoms with Crippen LogP contribution in [-0.2, 0) is 6.54 Å². The minimum Gasteiger partial charge on any atom is -0.369 e. The predicted octanol–water partition coefficient (Wildman–Crippen LogP) is 3.89. The molecule has 0 N–H and O–H groups in total. The molecule has 28 heavy (non-hydrogen) atoms. The summed E-state index contributed by atoms with van der Waals surface area (Å²) in [7, 11) is 0. The zero-order valence-electron chi connectivity index (χ0n) is 16.0. The summed E-state index contributed by atoms with van der Waals surface area (Å²) in [5.41, 5.74) is 1.76. The molecular weight excluding hydrogens is 363 g/mol. The minimum absolute atomic E-state index is 0.206. The third kappa shape index (κ3) is 4.67. The highest BCUT2D eigenvalue weighted by Gasteiger charge is 2.28. The summed E-state index contributed by atoms with van der Waals surface area (Å²) in [4.78, 5) is 7.12. The Morgan fingerprint density at radius 2 is 1.46 bits per heavy atom. The van der Waals surface area contributed by atoms with Crippen LogP contribution in [0.3, 0.4) is 0 Å². The summed E-state index contributed by atoms with van der Waals surface area (Å²) in [6, 6.07) is 10.9. The first-order valence-corrected chi connectivity index (χ1v) is 9.99. The lowest BCUT2D eigenvalue weighted by Crippen LogP contribution is -2.55. The highest BCUT2D eigenvalue weighted by Crippen LogP contribution is 2.22. The van der Waals surface area contributed by atoms with Gasteiger partial charge in [-0.3, -0.25) is 9.80 Å². The fourth-order valence-electron chi connectivity index (χ4n) is 4.43. The smallest absolute Gasteiger partial charge is 0.126 e. The first kappa shape index (κ1) is 19.3. The van der Waals surface area contributed by atoms with Crippen LogP contribution in [-0.4, -0.2) is 55.1 Å². The Kier molecular flexibility index (Phi) is 5.87. The van der Waals surface area contributed by atoms with Gasteiger partial charge in [-0.2, -0.15) is 0 Å². The Balaban J connectivity index is 1.32. The normalized spacial score (nSPS) is 21.8. The average Bonchev–Trinajstić information content (AvgIpc) is 2.68. The van der Waals surface area contributed by atoms with E-state index < -0.39 is 11.6 Å².